The lowest BCUT2D eigenvalue weighted by Gasteiger charge is -2.14. The zero-order valence-electron chi connectivity index (χ0n) is 14.6. The molecule has 3 aromatic rings. The van der Waals surface area contributed by atoms with E-state index in [1.807, 2.05) is 12.1 Å². The number of rotatable bonds is 7. The first-order valence-corrected chi connectivity index (χ1v) is 11.8. The van der Waals surface area contributed by atoms with Gasteiger partial charge in [0, 0.05) is 24.5 Å². The number of carbonyl (C=O) groups is 1. The number of nitrogens with zero attached hydrogens (tertiary/aromatic N) is 2. The van der Waals surface area contributed by atoms with Crippen molar-refractivity contribution < 1.29 is 13.2 Å². The Labute approximate surface area is 180 Å². The molecule has 0 atom stereocenters. The Balaban J connectivity index is 1.62. The molecule has 11 heteroatoms. The second-order valence-electron chi connectivity index (χ2n) is 5.76. The normalized spacial score (nSPS) is 11.7. The molecule has 0 radical (unpaired) electrons. The monoisotopic (exact) mass is 475 g/mol. The molecule has 1 amide bonds. The minimum Gasteiger partial charge on any atom is -0.301 e. The van der Waals surface area contributed by atoms with Crippen molar-refractivity contribution in [1.82, 2.24) is 9.29 Å². The van der Waals surface area contributed by atoms with Gasteiger partial charge in [0.2, 0.25) is 5.91 Å². The minimum absolute atomic E-state index is 0.192. The van der Waals surface area contributed by atoms with Crippen molar-refractivity contribution in [2.75, 3.05) is 18.9 Å². The molecule has 0 unspecified atom stereocenters. The van der Waals surface area contributed by atoms with Gasteiger partial charge in [-0.05, 0) is 23.1 Å². The summed E-state index contributed by atoms with van der Waals surface area (Å²) in [6.45, 7) is -0.310. The van der Waals surface area contributed by atoms with E-state index in [0.717, 1.165) is 26.1 Å². The fourth-order valence-corrected chi connectivity index (χ4v) is 5.90. The molecule has 0 aliphatic heterocycles. The lowest BCUT2D eigenvalue weighted by atomic mass is 10.1. The summed E-state index contributed by atoms with van der Waals surface area (Å²) in [6.07, 6.45) is 2.17. The van der Waals surface area contributed by atoms with Crippen molar-refractivity contribution in [3.8, 4) is 0 Å². The van der Waals surface area contributed by atoms with E-state index in [1.165, 1.54) is 24.5 Å². The van der Waals surface area contributed by atoms with Crippen LogP contribution in [0.1, 0.15) is 10.4 Å². The quantitative estimate of drug-likeness (QED) is 0.550. The van der Waals surface area contributed by atoms with Crippen LogP contribution in [0, 0.1) is 0 Å². The highest BCUT2D eigenvalue weighted by Crippen LogP contribution is 2.29. The molecule has 2 heterocycles. The zero-order chi connectivity index (χ0) is 20.3. The summed E-state index contributed by atoms with van der Waals surface area (Å²) in [5, 5.41) is 5.66. The van der Waals surface area contributed by atoms with Gasteiger partial charge in [-0.3, -0.25) is 4.79 Å². The maximum absolute atomic E-state index is 12.4. The van der Waals surface area contributed by atoms with Gasteiger partial charge in [-0.1, -0.05) is 41.4 Å². The molecular weight excluding hydrogens is 461 g/mol. The standard InChI is InChI=1S/C17H15Cl2N3O3S3/c1-22(28(24,25)15-6-3-7-26-15)10-14(23)21-17-20-9-12(27-17)8-11-4-2-5-13(18)16(11)19/h2-7,9H,8,10H2,1H3,(H,20,21,23). The van der Waals surface area contributed by atoms with Crippen molar-refractivity contribution in [3.63, 3.8) is 0 Å². The Morgan fingerprint density at radius 2 is 2.04 bits per heavy atom. The molecule has 1 aromatic carbocycles. The zero-order valence-corrected chi connectivity index (χ0v) is 18.5. The number of hydrogen-bond acceptors (Lipinski definition) is 6. The molecule has 2 aromatic heterocycles. The second-order valence-corrected chi connectivity index (χ2v) is 10.9. The van der Waals surface area contributed by atoms with Gasteiger partial charge in [0.15, 0.2) is 5.13 Å². The van der Waals surface area contributed by atoms with Gasteiger partial charge >= 0.3 is 0 Å². The first kappa shape index (κ1) is 21.2. The van der Waals surface area contributed by atoms with Crippen LogP contribution in [-0.4, -0.2) is 37.2 Å². The SMILES string of the molecule is CN(CC(=O)Nc1ncc(Cc2cccc(Cl)c2Cl)s1)S(=O)(=O)c1cccs1. The number of sulfonamides is 1. The van der Waals surface area contributed by atoms with E-state index in [9.17, 15) is 13.2 Å². The Morgan fingerprint density at radius 3 is 2.75 bits per heavy atom. The molecule has 148 valence electrons. The van der Waals surface area contributed by atoms with Crippen molar-refractivity contribution in [3.05, 3.63) is 62.4 Å². The number of amides is 1. The van der Waals surface area contributed by atoms with E-state index in [4.69, 9.17) is 23.2 Å². The van der Waals surface area contributed by atoms with Crippen molar-refractivity contribution >= 4 is 66.9 Å². The number of likely N-dealkylation sites (N-methyl/N-ethyl adjacent to an activating group) is 1. The molecule has 3 rings (SSSR count). The summed E-state index contributed by atoms with van der Waals surface area (Å²) < 4.78 is 25.9. The first-order valence-electron chi connectivity index (χ1n) is 7.94. The van der Waals surface area contributed by atoms with E-state index >= 15 is 0 Å². The van der Waals surface area contributed by atoms with Gasteiger partial charge in [0.05, 0.1) is 16.6 Å². The Hall–Kier alpha value is -1.49. The molecule has 1 N–H and O–H groups in total. The number of anilines is 1. The summed E-state index contributed by atoms with van der Waals surface area (Å²) in [4.78, 5) is 17.3. The number of thiophene rings is 1. The fourth-order valence-electron chi connectivity index (χ4n) is 2.33. The number of aromatic nitrogens is 1. The molecule has 0 saturated heterocycles. The average molecular weight is 476 g/mol. The van der Waals surface area contributed by atoms with E-state index < -0.39 is 15.9 Å². The molecular formula is C17H15Cl2N3O3S3. The van der Waals surface area contributed by atoms with E-state index in [-0.39, 0.29) is 10.8 Å². The lowest BCUT2D eigenvalue weighted by molar-refractivity contribution is -0.116. The van der Waals surface area contributed by atoms with Crippen molar-refractivity contribution in [1.29, 1.82) is 0 Å². The summed E-state index contributed by atoms with van der Waals surface area (Å²) in [6, 6.07) is 8.55. The summed E-state index contributed by atoms with van der Waals surface area (Å²) in [5.41, 5.74) is 0.859. The predicted molar refractivity (Wildman–Crippen MR) is 114 cm³/mol. The lowest BCUT2D eigenvalue weighted by Crippen LogP contribution is -2.34. The Kier molecular flexibility index (Phi) is 6.74. The maximum Gasteiger partial charge on any atom is 0.252 e. The van der Waals surface area contributed by atoms with Crippen LogP contribution >= 0.6 is 45.9 Å². The predicted octanol–water partition coefficient (Wildman–Crippen LogP) is 4.36. The average Bonchev–Trinajstić information content (AvgIpc) is 3.31. The van der Waals surface area contributed by atoms with E-state index in [0.29, 0.717) is 21.6 Å². The summed E-state index contributed by atoms with van der Waals surface area (Å²) in [7, 11) is -2.32. The molecule has 0 aliphatic rings. The molecule has 0 saturated carbocycles. The number of nitrogens with one attached hydrogen (secondary N) is 1. The van der Waals surface area contributed by atoms with Gasteiger partial charge in [-0.25, -0.2) is 13.4 Å². The maximum atomic E-state index is 12.4. The molecule has 0 spiro atoms. The molecule has 6 nitrogen and oxygen atoms in total. The number of thiazole rings is 1. The van der Waals surface area contributed by atoms with Crippen LogP contribution in [0.15, 0.2) is 46.1 Å². The van der Waals surface area contributed by atoms with E-state index in [1.54, 1.807) is 23.7 Å². The highest BCUT2D eigenvalue weighted by Gasteiger charge is 2.24. The van der Waals surface area contributed by atoms with Crippen LogP contribution < -0.4 is 5.32 Å². The molecule has 0 aliphatic carbocycles. The number of carbonyl (C=O) groups excluding carboxylic acids is 1. The molecule has 0 fully saturated rings. The van der Waals surface area contributed by atoms with Gasteiger partial charge in [-0.15, -0.1) is 22.7 Å². The van der Waals surface area contributed by atoms with Crippen LogP contribution in [0.3, 0.4) is 0 Å². The third-order valence-electron chi connectivity index (χ3n) is 3.72. The van der Waals surface area contributed by atoms with Gasteiger partial charge < -0.3 is 5.32 Å². The number of benzene rings is 1. The van der Waals surface area contributed by atoms with Gasteiger partial charge in [0.1, 0.15) is 4.21 Å². The first-order chi connectivity index (χ1) is 13.3. The van der Waals surface area contributed by atoms with E-state index in [2.05, 4.69) is 10.3 Å². The third kappa shape index (κ3) is 4.91. The third-order valence-corrected chi connectivity index (χ3v) is 8.67. The van der Waals surface area contributed by atoms with Gasteiger partial charge in [0.25, 0.3) is 10.0 Å². The summed E-state index contributed by atoms with van der Waals surface area (Å²) in [5.74, 6) is -0.468. The van der Waals surface area contributed by atoms with Crippen LogP contribution in [0.4, 0.5) is 5.13 Å². The van der Waals surface area contributed by atoms with Crippen molar-refractivity contribution in [2.24, 2.45) is 0 Å². The molecule has 0 bridgehead atoms. The minimum atomic E-state index is -3.68. The van der Waals surface area contributed by atoms with Crippen LogP contribution in [-0.2, 0) is 21.2 Å². The second kappa shape index (κ2) is 8.89. The molecule has 28 heavy (non-hydrogen) atoms. The number of hydrogen-bond donors (Lipinski definition) is 1. The Bertz CT molecular complexity index is 1080. The largest absolute Gasteiger partial charge is 0.301 e. The van der Waals surface area contributed by atoms with Crippen LogP contribution in [0.5, 0.6) is 0 Å². The number of halogens is 2. The smallest absolute Gasteiger partial charge is 0.252 e. The Morgan fingerprint density at radius 1 is 1.25 bits per heavy atom. The highest BCUT2D eigenvalue weighted by atomic mass is 35.5. The fraction of sp³-hybridized carbons (Fsp3) is 0.176. The topological polar surface area (TPSA) is 79.4 Å². The van der Waals surface area contributed by atoms with Crippen molar-refractivity contribution in [2.45, 2.75) is 10.6 Å². The summed E-state index contributed by atoms with van der Waals surface area (Å²) >= 11 is 14.6. The highest BCUT2D eigenvalue weighted by molar-refractivity contribution is 7.91. The van der Waals surface area contributed by atoms with Gasteiger partial charge in [-0.2, -0.15) is 4.31 Å². The van der Waals surface area contributed by atoms with Crippen LogP contribution in [0.25, 0.3) is 0 Å². The van der Waals surface area contributed by atoms with Crippen LogP contribution in [0.2, 0.25) is 10.0 Å².